The average Bonchev–Trinajstić information content (AvgIpc) is 2.38. The molecule has 0 aromatic carbocycles. The Balaban J connectivity index is 2.05. The fourth-order valence-corrected chi connectivity index (χ4v) is 3.87. The third kappa shape index (κ3) is 3.03. The highest BCUT2D eigenvalue weighted by Gasteiger charge is 2.35. The summed E-state index contributed by atoms with van der Waals surface area (Å²) >= 11 is 0. The van der Waals surface area contributed by atoms with Gasteiger partial charge in [0.25, 0.3) is 0 Å². The van der Waals surface area contributed by atoms with E-state index in [0.29, 0.717) is 0 Å². The lowest BCUT2D eigenvalue weighted by atomic mass is 9.80. The molecule has 3 atom stereocenters. The maximum absolute atomic E-state index is 3.58. The topological polar surface area (TPSA) is 15.3 Å². The number of hydrogen-bond donors (Lipinski definition) is 1. The van der Waals surface area contributed by atoms with Crippen LogP contribution in [-0.4, -0.2) is 36.6 Å². The number of nitrogens with one attached hydrogen (secondary N) is 1. The van der Waals surface area contributed by atoms with Crippen LogP contribution in [0.4, 0.5) is 0 Å². The molecule has 2 aliphatic rings. The Bertz CT molecular complexity index is 227. The van der Waals surface area contributed by atoms with E-state index in [0.717, 1.165) is 23.9 Å². The van der Waals surface area contributed by atoms with E-state index in [1.807, 2.05) is 0 Å². The number of nitrogens with zero attached hydrogens (tertiary/aromatic N) is 1. The summed E-state index contributed by atoms with van der Waals surface area (Å²) in [6.07, 6.45) is 7.21. The van der Waals surface area contributed by atoms with Gasteiger partial charge in [0, 0.05) is 31.7 Å². The van der Waals surface area contributed by atoms with E-state index in [2.05, 4.69) is 31.0 Å². The minimum absolute atomic E-state index is 0.765. The van der Waals surface area contributed by atoms with Crippen LogP contribution in [0.2, 0.25) is 0 Å². The van der Waals surface area contributed by atoms with Crippen molar-refractivity contribution >= 4 is 0 Å². The molecule has 0 spiro atoms. The summed E-state index contributed by atoms with van der Waals surface area (Å²) in [7, 11) is 0. The van der Waals surface area contributed by atoms with Crippen molar-refractivity contribution in [2.45, 2.75) is 65.0 Å². The first kappa shape index (κ1) is 13.4. The van der Waals surface area contributed by atoms with Crippen LogP contribution in [-0.2, 0) is 0 Å². The minimum Gasteiger partial charge on any atom is -0.314 e. The maximum Gasteiger partial charge on any atom is 0.0247 e. The van der Waals surface area contributed by atoms with Gasteiger partial charge in [-0.1, -0.05) is 40.0 Å². The van der Waals surface area contributed by atoms with Crippen molar-refractivity contribution in [3.63, 3.8) is 0 Å². The normalized spacial score (nSPS) is 36.4. The van der Waals surface area contributed by atoms with Gasteiger partial charge < -0.3 is 5.32 Å². The molecule has 1 heterocycles. The molecule has 1 saturated heterocycles. The van der Waals surface area contributed by atoms with E-state index in [9.17, 15) is 0 Å². The molecular weight excluding hydrogens is 208 g/mol. The van der Waals surface area contributed by atoms with E-state index in [4.69, 9.17) is 0 Å². The Morgan fingerprint density at radius 2 is 2.00 bits per heavy atom. The van der Waals surface area contributed by atoms with Crippen LogP contribution in [0.15, 0.2) is 0 Å². The molecule has 1 aliphatic carbocycles. The zero-order valence-electron chi connectivity index (χ0n) is 11.9. The lowest BCUT2D eigenvalue weighted by Crippen LogP contribution is -2.59. The third-order valence-electron chi connectivity index (χ3n) is 4.92. The predicted octanol–water partition coefficient (Wildman–Crippen LogP) is 2.89. The first-order chi connectivity index (χ1) is 8.24. The molecule has 0 amide bonds. The molecule has 0 radical (unpaired) electrons. The molecule has 1 aliphatic heterocycles. The molecule has 3 unspecified atom stereocenters. The predicted molar refractivity (Wildman–Crippen MR) is 74.2 cm³/mol. The van der Waals surface area contributed by atoms with Crippen LogP contribution < -0.4 is 5.32 Å². The lowest BCUT2D eigenvalue weighted by molar-refractivity contribution is 0.0261. The largest absolute Gasteiger partial charge is 0.314 e. The van der Waals surface area contributed by atoms with Gasteiger partial charge in [-0.15, -0.1) is 0 Å². The summed E-state index contributed by atoms with van der Waals surface area (Å²) < 4.78 is 0. The molecule has 0 bridgehead atoms. The monoisotopic (exact) mass is 238 g/mol. The summed E-state index contributed by atoms with van der Waals surface area (Å²) in [4.78, 5) is 2.86. The minimum atomic E-state index is 0.765. The van der Waals surface area contributed by atoms with Gasteiger partial charge in [0.15, 0.2) is 0 Å². The number of piperazine rings is 1. The van der Waals surface area contributed by atoms with Crippen LogP contribution in [0, 0.1) is 11.8 Å². The zero-order valence-corrected chi connectivity index (χ0v) is 11.9. The molecule has 0 aromatic rings. The Hall–Kier alpha value is -0.0800. The van der Waals surface area contributed by atoms with Crippen molar-refractivity contribution in [3.8, 4) is 0 Å². The Morgan fingerprint density at radius 3 is 2.71 bits per heavy atom. The highest BCUT2D eigenvalue weighted by molar-refractivity contribution is 4.91. The zero-order chi connectivity index (χ0) is 12.3. The van der Waals surface area contributed by atoms with Crippen molar-refractivity contribution in [1.29, 1.82) is 0 Å². The molecule has 2 nitrogen and oxygen atoms in total. The van der Waals surface area contributed by atoms with Crippen LogP contribution in [0.1, 0.15) is 52.9 Å². The van der Waals surface area contributed by atoms with E-state index in [1.54, 1.807) is 0 Å². The van der Waals surface area contributed by atoms with Gasteiger partial charge in [-0.25, -0.2) is 0 Å². The second kappa shape index (κ2) is 6.19. The average molecular weight is 238 g/mol. The fraction of sp³-hybridized carbons (Fsp3) is 1.00. The van der Waals surface area contributed by atoms with Crippen LogP contribution in [0.5, 0.6) is 0 Å². The molecule has 100 valence electrons. The van der Waals surface area contributed by atoms with Gasteiger partial charge in [-0.2, -0.15) is 0 Å². The molecule has 2 rings (SSSR count). The van der Waals surface area contributed by atoms with Gasteiger partial charge >= 0.3 is 0 Å². The number of rotatable bonds is 3. The first-order valence-corrected chi connectivity index (χ1v) is 7.70. The summed E-state index contributed by atoms with van der Waals surface area (Å²) in [5.74, 6) is 1.74. The highest BCUT2D eigenvalue weighted by Crippen LogP contribution is 2.33. The molecule has 2 fully saturated rings. The maximum atomic E-state index is 3.58. The summed E-state index contributed by atoms with van der Waals surface area (Å²) in [5, 5.41) is 3.58. The van der Waals surface area contributed by atoms with Gasteiger partial charge in [0.1, 0.15) is 0 Å². The second-order valence-electron chi connectivity index (χ2n) is 6.27. The van der Waals surface area contributed by atoms with Crippen molar-refractivity contribution in [2.75, 3.05) is 19.6 Å². The van der Waals surface area contributed by atoms with E-state index < -0.39 is 0 Å². The van der Waals surface area contributed by atoms with Crippen LogP contribution in [0.25, 0.3) is 0 Å². The van der Waals surface area contributed by atoms with Crippen molar-refractivity contribution in [2.24, 2.45) is 11.8 Å². The Kier molecular flexibility index (Phi) is 4.87. The van der Waals surface area contributed by atoms with Crippen LogP contribution >= 0.6 is 0 Å². The third-order valence-corrected chi connectivity index (χ3v) is 4.92. The summed E-state index contributed by atoms with van der Waals surface area (Å²) in [5.41, 5.74) is 0. The lowest BCUT2D eigenvalue weighted by Gasteiger charge is -2.47. The molecule has 17 heavy (non-hydrogen) atoms. The van der Waals surface area contributed by atoms with Gasteiger partial charge in [-0.3, -0.25) is 4.90 Å². The van der Waals surface area contributed by atoms with Gasteiger partial charge in [-0.05, 0) is 24.7 Å². The smallest absolute Gasteiger partial charge is 0.0247 e. The Labute approximate surface area is 107 Å². The molecule has 1 N–H and O–H groups in total. The molecule has 2 heteroatoms. The number of hydrogen-bond acceptors (Lipinski definition) is 2. The van der Waals surface area contributed by atoms with E-state index >= 15 is 0 Å². The van der Waals surface area contributed by atoms with E-state index in [-0.39, 0.29) is 0 Å². The summed E-state index contributed by atoms with van der Waals surface area (Å²) in [6.45, 7) is 10.8. The summed E-state index contributed by atoms with van der Waals surface area (Å²) in [6, 6.07) is 1.64. The van der Waals surface area contributed by atoms with E-state index in [1.165, 1.54) is 51.7 Å². The van der Waals surface area contributed by atoms with Crippen LogP contribution in [0.3, 0.4) is 0 Å². The van der Waals surface area contributed by atoms with Gasteiger partial charge in [0.2, 0.25) is 0 Å². The Morgan fingerprint density at radius 1 is 1.24 bits per heavy atom. The second-order valence-corrected chi connectivity index (χ2v) is 6.27. The standard InChI is InChI=1S/C15H30N2/c1-4-13-7-5-6-8-14(13)17-10-9-16-11-15(17)12(2)3/h12-16H,4-11H2,1-3H3. The van der Waals surface area contributed by atoms with Crippen molar-refractivity contribution in [3.05, 3.63) is 0 Å². The first-order valence-electron chi connectivity index (χ1n) is 7.70. The quantitative estimate of drug-likeness (QED) is 0.813. The van der Waals surface area contributed by atoms with Crippen molar-refractivity contribution < 1.29 is 0 Å². The van der Waals surface area contributed by atoms with Crippen molar-refractivity contribution in [1.82, 2.24) is 10.2 Å². The molecular formula is C15H30N2. The molecule has 0 aromatic heterocycles. The molecule has 1 saturated carbocycles. The van der Waals surface area contributed by atoms with Gasteiger partial charge in [0.05, 0.1) is 0 Å². The SMILES string of the molecule is CCC1CCCCC1N1CCNCC1C(C)C. The fourth-order valence-electron chi connectivity index (χ4n) is 3.87. The highest BCUT2D eigenvalue weighted by atomic mass is 15.2.